The van der Waals surface area contributed by atoms with Gasteiger partial charge < -0.3 is 4.74 Å². The number of nitrogens with zero attached hydrogens (tertiary/aromatic N) is 1. The lowest BCUT2D eigenvalue weighted by atomic mass is 10.1. The van der Waals surface area contributed by atoms with Crippen LogP contribution in [-0.2, 0) is 14.8 Å². The first-order valence-corrected chi connectivity index (χ1v) is 10.6. The summed E-state index contributed by atoms with van der Waals surface area (Å²) in [5.74, 6) is -0.470. The molecule has 6 heteroatoms. The fourth-order valence-electron chi connectivity index (χ4n) is 3.14. The summed E-state index contributed by atoms with van der Waals surface area (Å²) in [6, 6.07) is 17.7. The molecule has 5 nitrogen and oxygen atoms in total. The van der Waals surface area contributed by atoms with Crippen LogP contribution in [0.5, 0.6) is 0 Å². The minimum atomic E-state index is -3.79. The molecule has 28 heavy (non-hydrogen) atoms. The first-order valence-electron chi connectivity index (χ1n) is 9.17. The largest absolute Gasteiger partial charge is 0.462 e. The third kappa shape index (κ3) is 3.73. The second kappa shape index (κ2) is 8.02. The SMILES string of the molecule is CCOC(=O)c1ccc(C)c(N(CC)S(=O)(=O)c2ccc3ccccc3c2)c1. The predicted molar refractivity (Wildman–Crippen MR) is 111 cm³/mol. The van der Waals surface area contributed by atoms with E-state index >= 15 is 0 Å². The molecule has 0 saturated heterocycles. The van der Waals surface area contributed by atoms with E-state index in [0.29, 0.717) is 11.3 Å². The predicted octanol–water partition coefficient (Wildman–Crippen LogP) is 4.54. The highest BCUT2D eigenvalue weighted by Crippen LogP contribution is 2.29. The van der Waals surface area contributed by atoms with Crippen molar-refractivity contribution in [3.63, 3.8) is 0 Å². The van der Waals surface area contributed by atoms with Crippen molar-refractivity contribution in [2.75, 3.05) is 17.5 Å². The van der Waals surface area contributed by atoms with E-state index in [4.69, 9.17) is 4.74 Å². The van der Waals surface area contributed by atoms with Gasteiger partial charge in [-0.2, -0.15) is 0 Å². The van der Waals surface area contributed by atoms with Gasteiger partial charge in [0.05, 0.1) is 22.8 Å². The molecule has 0 aliphatic rings. The van der Waals surface area contributed by atoms with E-state index in [9.17, 15) is 13.2 Å². The molecule has 0 fully saturated rings. The lowest BCUT2D eigenvalue weighted by molar-refractivity contribution is 0.0526. The van der Waals surface area contributed by atoms with Crippen LogP contribution in [0.25, 0.3) is 10.8 Å². The minimum Gasteiger partial charge on any atom is -0.462 e. The van der Waals surface area contributed by atoms with Crippen LogP contribution >= 0.6 is 0 Å². The first-order chi connectivity index (χ1) is 13.4. The number of aryl methyl sites for hydroxylation is 1. The number of fused-ring (bicyclic) bond motifs is 1. The zero-order valence-corrected chi connectivity index (χ0v) is 17.0. The van der Waals surface area contributed by atoms with Crippen LogP contribution in [0, 0.1) is 6.92 Å². The van der Waals surface area contributed by atoms with Crippen LogP contribution in [0.3, 0.4) is 0 Å². The molecule has 0 atom stereocenters. The summed E-state index contributed by atoms with van der Waals surface area (Å²) < 4.78 is 33.1. The third-order valence-corrected chi connectivity index (χ3v) is 6.47. The smallest absolute Gasteiger partial charge is 0.338 e. The van der Waals surface area contributed by atoms with Crippen LogP contribution in [0.4, 0.5) is 5.69 Å². The number of sulfonamides is 1. The van der Waals surface area contributed by atoms with E-state index in [1.807, 2.05) is 31.2 Å². The van der Waals surface area contributed by atoms with E-state index in [-0.39, 0.29) is 18.0 Å². The summed E-state index contributed by atoms with van der Waals surface area (Å²) in [6.45, 7) is 5.82. The Morgan fingerprint density at radius 3 is 2.36 bits per heavy atom. The molecule has 0 spiro atoms. The summed E-state index contributed by atoms with van der Waals surface area (Å²) in [5.41, 5.74) is 1.56. The van der Waals surface area contributed by atoms with Crippen molar-refractivity contribution in [1.29, 1.82) is 0 Å². The van der Waals surface area contributed by atoms with Gasteiger partial charge in [-0.05, 0) is 61.4 Å². The average molecular weight is 397 g/mol. The lowest BCUT2D eigenvalue weighted by Gasteiger charge is -2.25. The fourth-order valence-corrected chi connectivity index (χ4v) is 4.71. The number of benzene rings is 3. The number of carbonyl (C=O) groups excluding carboxylic acids is 1. The van der Waals surface area contributed by atoms with Gasteiger partial charge in [0.1, 0.15) is 0 Å². The summed E-state index contributed by atoms with van der Waals surface area (Å²) >= 11 is 0. The molecule has 0 aliphatic carbocycles. The Kier molecular flexibility index (Phi) is 5.70. The maximum Gasteiger partial charge on any atom is 0.338 e. The summed E-state index contributed by atoms with van der Waals surface area (Å²) in [5, 5.41) is 1.83. The highest BCUT2D eigenvalue weighted by atomic mass is 32.2. The van der Waals surface area contributed by atoms with Crippen molar-refractivity contribution >= 4 is 32.5 Å². The molecular weight excluding hydrogens is 374 g/mol. The molecule has 0 unspecified atom stereocenters. The van der Waals surface area contributed by atoms with Crippen LogP contribution in [0.2, 0.25) is 0 Å². The number of hydrogen-bond donors (Lipinski definition) is 0. The van der Waals surface area contributed by atoms with Gasteiger partial charge in [0, 0.05) is 6.54 Å². The Labute approximate surface area is 165 Å². The number of hydrogen-bond acceptors (Lipinski definition) is 4. The number of rotatable bonds is 6. The van der Waals surface area contributed by atoms with Crippen LogP contribution < -0.4 is 4.31 Å². The van der Waals surface area contributed by atoms with Gasteiger partial charge in [-0.15, -0.1) is 0 Å². The second-order valence-electron chi connectivity index (χ2n) is 6.40. The van der Waals surface area contributed by atoms with Crippen molar-refractivity contribution in [3.8, 4) is 0 Å². The molecule has 0 heterocycles. The van der Waals surface area contributed by atoms with E-state index in [2.05, 4.69) is 0 Å². The Morgan fingerprint density at radius 2 is 1.68 bits per heavy atom. The standard InChI is InChI=1S/C22H23NO4S/c1-4-23(21-15-19(11-10-16(21)3)22(24)27-5-2)28(25,26)20-13-12-17-8-6-7-9-18(17)14-20/h6-15H,4-5H2,1-3H3. The number of carbonyl (C=O) groups is 1. The molecule has 3 aromatic carbocycles. The van der Waals surface area contributed by atoms with Gasteiger partial charge in [0.25, 0.3) is 10.0 Å². The Balaban J connectivity index is 2.08. The van der Waals surface area contributed by atoms with Gasteiger partial charge in [0.15, 0.2) is 0 Å². The van der Waals surface area contributed by atoms with Crippen LogP contribution in [-0.4, -0.2) is 27.5 Å². The number of esters is 1. The van der Waals surface area contributed by atoms with Crippen molar-refractivity contribution in [3.05, 3.63) is 71.8 Å². The molecule has 3 rings (SSSR count). The Bertz CT molecular complexity index is 1120. The molecule has 0 aromatic heterocycles. The highest BCUT2D eigenvalue weighted by Gasteiger charge is 2.26. The second-order valence-corrected chi connectivity index (χ2v) is 8.26. The summed E-state index contributed by atoms with van der Waals surface area (Å²) in [7, 11) is -3.79. The molecular formula is C22H23NO4S. The number of ether oxygens (including phenoxy) is 1. The van der Waals surface area contributed by atoms with Crippen molar-refractivity contribution in [1.82, 2.24) is 0 Å². The molecule has 3 aromatic rings. The maximum atomic E-state index is 13.4. The summed E-state index contributed by atoms with van der Waals surface area (Å²) in [4.78, 5) is 12.3. The molecule has 0 N–H and O–H groups in total. The van der Waals surface area contributed by atoms with E-state index in [1.54, 1.807) is 50.2 Å². The van der Waals surface area contributed by atoms with Gasteiger partial charge in [0.2, 0.25) is 0 Å². The third-order valence-electron chi connectivity index (χ3n) is 4.59. The molecule has 0 bridgehead atoms. The number of anilines is 1. The quantitative estimate of drug-likeness (QED) is 0.573. The lowest BCUT2D eigenvalue weighted by Crippen LogP contribution is -2.31. The summed E-state index contributed by atoms with van der Waals surface area (Å²) in [6.07, 6.45) is 0. The zero-order chi connectivity index (χ0) is 20.3. The van der Waals surface area contributed by atoms with Gasteiger partial charge in [-0.1, -0.05) is 36.4 Å². The van der Waals surface area contributed by atoms with Crippen molar-refractivity contribution in [2.45, 2.75) is 25.7 Å². The molecule has 0 radical (unpaired) electrons. The monoisotopic (exact) mass is 397 g/mol. The topological polar surface area (TPSA) is 63.7 Å². The maximum absolute atomic E-state index is 13.4. The Hall–Kier alpha value is -2.86. The highest BCUT2D eigenvalue weighted by molar-refractivity contribution is 7.92. The molecule has 0 saturated carbocycles. The van der Waals surface area contributed by atoms with Gasteiger partial charge >= 0.3 is 5.97 Å². The van der Waals surface area contributed by atoms with Crippen LogP contribution in [0.15, 0.2) is 65.6 Å². The van der Waals surface area contributed by atoms with Gasteiger partial charge in [-0.3, -0.25) is 4.31 Å². The molecule has 146 valence electrons. The van der Waals surface area contributed by atoms with E-state index < -0.39 is 16.0 Å². The van der Waals surface area contributed by atoms with E-state index in [1.165, 1.54) is 4.31 Å². The first kappa shape index (κ1) is 19.9. The average Bonchev–Trinajstić information content (AvgIpc) is 2.69. The van der Waals surface area contributed by atoms with Crippen LogP contribution in [0.1, 0.15) is 29.8 Å². The van der Waals surface area contributed by atoms with E-state index in [0.717, 1.165) is 16.3 Å². The zero-order valence-electron chi connectivity index (χ0n) is 16.2. The minimum absolute atomic E-state index is 0.217. The van der Waals surface area contributed by atoms with Crippen molar-refractivity contribution < 1.29 is 17.9 Å². The molecule has 0 amide bonds. The Morgan fingerprint density at radius 1 is 0.964 bits per heavy atom. The fraction of sp³-hybridized carbons (Fsp3) is 0.227. The normalized spacial score (nSPS) is 11.4. The van der Waals surface area contributed by atoms with Crippen molar-refractivity contribution in [2.24, 2.45) is 0 Å². The van der Waals surface area contributed by atoms with Gasteiger partial charge in [-0.25, -0.2) is 13.2 Å². The molecule has 0 aliphatic heterocycles.